The molecule has 0 amide bonds. The number of halogens is 1. The first-order valence-electron chi connectivity index (χ1n) is 10.7. The molecule has 3 aromatic rings. The van der Waals surface area contributed by atoms with E-state index in [1.807, 2.05) is 18.5 Å². The summed E-state index contributed by atoms with van der Waals surface area (Å²) in [6, 6.07) is 11.6. The molecule has 0 spiro atoms. The topological polar surface area (TPSA) is 63.2 Å². The highest BCUT2D eigenvalue weighted by Gasteiger charge is 2.40. The van der Waals surface area contributed by atoms with Gasteiger partial charge in [-0.15, -0.1) is 22.6 Å². The maximum absolute atomic E-state index is 5.46. The Morgan fingerprint density at radius 3 is 2.77 bits per heavy atom. The number of anilines is 1. The summed E-state index contributed by atoms with van der Waals surface area (Å²) in [5.74, 6) is 3.28. The molecule has 0 radical (unpaired) electrons. The number of benzene rings is 1. The smallest absolute Gasteiger partial charge is 0.202 e. The van der Waals surface area contributed by atoms with E-state index in [-0.39, 0.29) is 12.4 Å². The second kappa shape index (κ2) is 9.63. The van der Waals surface area contributed by atoms with Gasteiger partial charge in [0.05, 0.1) is 5.69 Å². The van der Waals surface area contributed by atoms with Crippen molar-refractivity contribution in [1.82, 2.24) is 24.6 Å². The van der Waals surface area contributed by atoms with E-state index in [0.29, 0.717) is 11.8 Å². The first-order chi connectivity index (χ1) is 14.7. The van der Waals surface area contributed by atoms with Crippen LogP contribution < -0.4 is 4.90 Å². The zero-order valence-corrected chi connectivity index (χ0v) is 19.6. The molecule has 4 heterocycles. The van der Waals surface area contributed by atoms with Gasteiger partial charge in [-0.25, -0.2) is 4.98 Å². The summed E-state index contributed by atoms with van der Waals surface area (Å²) in [7, 11) is 1.99. The number of nitrogens with zero attached hydrogens (tertiary/aromatic N) is 6. The number of hydrogen-bond acceptors (Lipinski definition) is 7. The largest absolute Gasteiger partial charge is 0.440 e. The molecule has 2 unspecified atom stereocenters. The van der Waals surface area contributed by atoms with Crippen LogP contribution in [0.25, 0.3) is 11.6 Å². The molecule has 5 rings (SSSR count). The average molecular weight is 461 g/mol. The van der Waals surface area contributed by atoms with Crippen molar-refractivity contribution in [3.05, 3.63) is 42.4 Å². The van der Waals surface area contributed by atoms with Crippen LogP contribution in [-0.2, 0) is 7.05 Å². The third kappa shape index (κ3) is 4.47. The summed E-state index contributed by atoms with van der Waals surface area (Å²) in [6.45, 7) is 6.68. The van der Waals surface area contributed by atoms with Crippen molar-refractivity contribution in [2.45, 2.75) is 31.0 Å². The van der Waals surface area contributed by atoms with Gasteiger partial charge in [0.1, 0.15) is 0 Å². The van der Waals surface area contributed by atoms with Crippen molar-refractivity contribution in [1.29, 1.82) is 0 Å². The molecule has 2 aliphatic rings. The van der Waals surface area contributed by atoms with Gasteiger partial charge in [0.25, 0.3) is 0 Å². The van der Waals surface area contributed by atoms with Gasteiger partial charge in [0.15, 0.2) is 17.3 Å². The standard InChI is InChI=1S/C22H28N6OS.ClH/c1-16-20(29-15-23-16)21-24-25-22(26(21)2)30-12-6-10-27-13-17-9-11-28(19(17)14-27)18-7-4-3-5-8-18;/h3-5,7-8,15,17,19H,6,9-14H2,1-2H3;1H. The van der Waals surface area contributed by atoms with Crippen LogP contribution in [-0.4, -0.2) is 62.6 Å². The van der Waals surface area contributed by atoms with Crippen molar-refractivity contribution < 1.29 is 4.42 Å². The molecule has 2 fully saturated rings. The van der Waals surface area contributed by atoms with Gasteiger partial charge < -0.3 is 18.8 Å². The van der Waals surface area contributed by atoms with E-state index < -0.39 is 0 Å². The molecule has 31 heavy (non-hydrogen) atoms. The zero-order valence-electron chi connectivity index (χ0n) is 18.0. The molecule has 0 N–H and O–H groups in total. The zero-order chi connectivity index (χ0) is 20.5. The molecular formula is C22H29ClN6OS. The first-order valence-corrected chi connectivity index (χ1v) is 11.7. The van der Waals surface area contributed by atoms with Gasteiger partial charge in [0.2, 0.25) is 5.82 Å². The molecule has 2 aliphatic heterocycles. The number of aromatic nitrogens is 4. The monoisotopic (exact) mass is 460 g/mol. The maximum Gasteiger partial charge on any atom is 0.202 e. The minimum Gasteiger partial charge on any atom is -0.440 e. The number of thioether (sulfide) groups is 1. The highest BCUT2D eigenvalue weighted by Crippen LogP contribution is 2.35. The van der Waals surface area contributed by atoms with Crippen LogP contribution in [0.15, 0.2) is 46.3 Å². The van der Waals surface area contributed by atoms with E-state index >= 15 is 0 Å². The van der Waals surface area contributed by atoms with E-state index in [9.17, 15) is 0 Å². The van der Waals surface area contributed by atoms with E-state index in [1.54, 1.807) is 11.8 Å². The Morgan fingerprint density at radius 2 is 2.00 bits per heavy atom. The van der Waals surface area contributed by atoms with Crippen molar-refractivity contribution in [2.75, 3.05) is 36.8 Å². The molecule has 166 valence electrons. The molecule has 9 heteroatoms. The fourth-order valence-corrected chi connectivity index (χ4v) is 5.61. The number of para-hydroxylation sites is 1. The van der Waals surface area contributed by atoms with Crippen LogP contribution in [0.1, 0.15) is 18.5 Å². The van der Waals surface area contributed by atoms with Crippen LogP contribution in [0.2, 0.25) is 0 Å². The normalized spacial score (nSPS) is 20.8. The molecule has 2 aromatic heterocycles. The van der Waals surface area contributed by atoms with Crippen molar-refractivity contribution in [2.24, 2.45) is 13.0 Å². The van der Waals surface area contributed by atoms with Gasteiger partial charge in [-0.05, 0) is 44.4 Å². The van der Waals surface area contributed by atoms with Gasteiger partial charge in [0, 0.05) is 44.2 Å². The Kier molecular flexibility index (Phi) is 6.89. The summed E-state index contributed by atoms with van der Waals surface area (Å²) < 4.78 is 7.46. The minimum atomic E-state index is 0. The lowest BCUT2D eigenvalue weighted by molar-refractivity contribution is 0.319. The SMILES string of the molecule is Cc1ncoc1-c1nnc(SCCCN2CC3CCN(c4ccccc4)C3C2)n1C.Cl. The third-order valence-corrected chi connectivity index (χ3v) is 7.45. The molecule has 2 atom stereocenters. The first kappa shape index (κ1) is 22.2. The van der Waals surface area contributed by atoms with Gasteiger partial charge >= 0.3 is 0 Å². The maximum atomic E-state index is 5.46. The number of rotatable bonds is 7. The van der Waals surface area contributed by atoms with Crippen LogP contribution in [0.3, 0.4) is 0 Å². The number of hydrogen-bond donors (Lipinski definition) is 0. The summed E-state index contributed by atoms with van der Waals surface area (Å²) in [4.78, 5) is 9.41. The van der Waals surface area contributed by atoms with Gasteiger partial charge in [-0.3, -0.25) is 0 Å². The van der Waals surface area contributed by atoms with E-state index in [4.69, 9.17) is 4.42 Å². The number of aryl methyl sites for hydroxylation is 1. The fraction of sp³-hybridized carbons (Fsp3) is 0.500. The predicted octanol–water partition coefficient (Wildman–Crippen LogP) is 3.89. The Morgan fingerprint density at radius 1 is 1.16 bits per heavy atom. The summed E-state index contributed by atoms with van der Waals surface area (Å²) in [6.07, 6.45) is 3.92. The summed E-state index contributed by atoms with van der Waals surface area (Å²) in [5.41, 5.74) is 2.22. The Bertz CT molecular complexity index is 993. The summed E-state index contributed by atoms with van der Waals surface area (Å²) in [5, 5.41) is 9.56. The predicted molar refractivity (Wildman–Crippen MR) is 126 cm³/mol. The quantitative estimate of drug-likeness (QED) is 0.391. The Hall–Kier alpha value is -2.03. The molecule has 7 nitrogen and oxygen atoms in total. The van der Waals surface area contributed by atoms with Crippen LogP contribution in [0.5, 0.6) is 0 Å². The van der Waals surface area contributed by atoms with Crippen molar-refractivity contribution in [3.8, 4) is 11.6 Å². The molecule has 2 saturated heterocycles. The van der Waals surface area contributed by atoms with E-state index in [0.717, 1.165) is 41.3 Å². The Labute approximate surface area is 193 Å². The highest BCUT2D eigenvalue weighted by atomic mass is 35.5. The van der Waals surface area contributed by atoms with E-state index in [1.165, 1.54) is 38.1 Å². The van der Waals surface area contributed by atoms with Crippen LogP contribution >= 0.6 is 24.2 Å². The highest BCUT2D eigenvalue weighted by molar-refractivity contribution is 7.99. The molecule has 0 aliphatic carbocycles. The fourth-order valence-electron chi connectivity index (χ4n) is 4.78. The van der Waals surface area contributed by atoms with E-state index in [2.05, 4.69) is 55.3 Å². The second-order valence-electron chi connectivity index (χ2n) is 8.24. The lowest BCUT2D eigenvalue weighted by Gasteiger charge is -2.27. The van der Waals surface area contributed by atoms with Crippen molar-refractivity contribution in [3.63, 3.8) is 0 Å². The lowest BCUT2D eigenvalue weighted by atomic mass is 10.1. The number of fused-ring (bicyclic) bond motifs is 1. The van der Waals surface area contributed by atoms with Crippen LogP contribution in [0.4, 0.5) is 5.69 Å². The average Bonchev–Trinajstić information content (AvgIpc) is 3.51. The minimum absolute atomic E-state index is 0. The molecule has 1 aromatic carbocycles. The number of likely N-dealkylation sites (tertiary alicyclic amines) is 1. The second-order valence-corrected chi connectivity index (χ2v) is 9.30. The van der Waals surface area contributed by atoms with Gasteiger partial charge in [-0.2, -0.15) is 0 Å². The van der Waals surface area contributed by atoms with Crippen molar-refractivity contribution >= 4 is 29.9 Å². The molecule has 0 saturated carbocycles. The lowest BCUT2D eigenvalue weighted by Crippen LogP contribution is -2.35. The molecule has 0 bridgehead atoms. The third-order valence-electron chi connectivity index (χ3n) is 6.34. The number of oxazole rings is 1. The Balaban J connectivity index is 0.00000231. The molecular weight excluding hydrogens is 432 g/mol. The summed E-state index contributed by atoms with van der Waals surface area (Å²) >= 11 is 1.76. The van der Waals surface area contributed by atoms with Crippen LogP contribution in [0, 0.1) is 12.8 Å². The van der Waals surface area contributed by atoms with Gasteiger partial charge in [-0.1, -0.05) is 30.0 Å².